The average Bonchev–Trinajstić information content (AvgIpc) is 2.81. The zero-order valence-corrected chi connectivity index (χ0v) is 11.8. The van der Waals surface area contributed by atoms with Crippen LogP contribution in [0.1, 0.15) is 40.0 Å². The van der Waals surface area contributed by atoms with Crippen molar-refractivity contribution in [3.63, 3.8) is 0 Å². The van der Waals surface area contributed by atoms with Crippen molar-refractivity contribution in [2.24, 2.45) is 0 Å². The molecular weight excluding hydrogens is 240 g/mol. The largest absolute Gasteiger partial charge is 0.351 e. The molecule has 0 aromatic rings. The Morgan fingerprint density at radius 1 is 1.35 bits per heavy atom. The number of nitrogens with one attached hydrogen (secondary N) is 1. The van der Waals surface area contributed by atoms with Gasteiger partial charge in [0.25, 0.3) is 0 Å². The molecule has 1 N–H and O–H groups in total. The molecular formula is C11H22N2O3S. The Bertz CT molecular complexity index is 380. The zero-order valence-electron chi connectivity index (χ0n) is 11.0. The van der Waals surface area contributed by atoms with Crippen LogP contribution < -0.4 is 5.32 Å². The second-order valence-electron chi connectivity index (χ2n) is 5.65. The van der Waals surface area contributed by atoms with Gasteiger partial charge >= 0.3 is 0 Å². The second-order valence-corrected chi connectivity index (χ2v) is 7.59. The van der Waals surface area contributed by atoms with Crippen LogP contribution in [0.15, 0.2) is 0 Å². The van der Waals surface area contributed by atoms with Crippen molar-refractivity contribution < 1.29 is 13.2 Å². The van der Waals surface area contributed by atoms with E-state index < -0.39 is 10.0 Å². The van der Waals surface area contributed by atoms with Crippen LogP contribution in [-0.4, -0.2) is 43.0 Å². The maximum atomic E-state index is 11.6. The molecule has 100 valence electrons. The van der Waals surface area contributed by atoms with Crippen molar-refractivity contribution in [2.45, 2.75) is 51.6 Å². The standard InChI is InChI=1S/C11H22N2O3S/c1-11(2,3)12-10(14)7-8-13(9-5-6-9)17(4,15)16/h9H,5-8H2,1-4H3,(H,12,14). The van der Waals surface area contributed by atoms with E-state index in [1.54, 1.807) is 0 Å². The molecule has 17 heavy (non-hydrogen) atoms. The van der Waals surface area contributed by atoms with Gasteiger partial charge in [-0.25, -0.2) is 8.42 Å². The summed E-state index contributed by atoms with van der Waals surface area (Å²) in [6, 6.07) is 0.118. The second kappa shape index (κ2) is 4.94. The number of nitrogens with zero attached hydrogens (tertiary/aromatic N) is 1. The van der Waals surface area contributed by atoms with Crippen LogP contribution in [-0.2, 0) is 14.8 Å². The predicted molar refractivity (Wildman–Crippen MR) is 67.1 cm³/mol. The van der Waals surface area contributed by atoms with E-state index in [-0.39, 0.29) is 30.5 Å². The summed E-state index contributed by atoms with van der Waals surface area (Å²) in [5.41, 5.74) is -0.271. The SMILES string of the molecule is CC(C)(C)NC(=O)CCN(C1CC1)S(C)(=O)=O. The van der Waals surface area contributed by atoms with Gasteiger partial charge in [0.1, 0.15) is 0 Å². The number of sulfonamides is 1. The van der Waals surface area contributed by atoms with Crippen molar-refractivity contribution in [1.82, 2.24) is 9.62 Å². The number of hydrogen-bond donors (Lipinski definition) is 1. The Morgan fingerprint density at radius 2 is 1.88 bits per heavy atom. The van der Waals surface area contributed by atoms with E-state index in [2.05, 4.69) is 5.32 Å². The molecule has 1 amide bonds. The molecule has 1 fully saturated rings. The van der Waals surface area contributed by atoms with E-state index in [1.165, 1.54) is 10.6 Å². The lowest BCUT2D eigenvalue weighted by Crippen LogP contribution is -2.42. The molecule has 0 atom stereocenters. The number of carbonyl (C=O) groups is 1. The number of hydrogen-bond acceptors (Lipinski definition) is 3. The summed E-state index contributed by atoms with van der Waals surface area (Å²) < 4.78 is 24.4. The molecule has 0 spiro atoms. The van der Waals surface area contributed by atoms with Gasteiger partial charge in [-0.1, -0.05) is 0 Å². The van der Waals surface area contributed by atoms with Gasteiger partial charge in [-0.05, 0) is 33.6 Å². The Labute approximate surface area is 104 Å². The summed E-state index contributed by atoms with van der Waals surface area (Å²) in [6.45, 7) is 5.99. The van der Waals surface area contributed by atoms with Crippen LogP contribution in [0.3, 0.4) is 0 Å². The van der Waals surface area contributed by atoms with E-state index in [1.807, 2.05) is 20.8 Å². The summed E-state index contributed by atoms with van der Waals surface area (Å²) in [5, 5.41) is 2.82. The fraction of sp³-hybridized carbons (Fsp3) is 0.909. The number of rotatable bonds is 5. The fourth-order valence-corrected chi connectivity index (χ4v) is 2.85. The van der Waals surface area contributed by atoms with Crippen molar-refractivity contribution in [3.05, 3.63) is 0 Å². The predicted octanol–water partition coefficient (Wildman–Crippen LogP) is 0.715. The van der Waals surface area contributed by atoms with Crippen LogP contribution in [0.4, 0.5) is 0 Å². The Morgan fingerprint density at radius 3 is 2.24 bits per heavy atom. The van der Waals surface area contributed by atoms with Crippen LogP contribution in [0.2, 0.25) is 0 Å². The molecule has 1 rings (SSSR count). The summed E-state index contributed by atoms with van der Waals surface area (Å²) in [5.74, 6) is -0.105. The van der Waals surface area contributed by atoms with Crippen LogP contribution in [0.5, 0.6) is 0 Å². The molecule has 5 nitrogen and oxygen atoms in total. The maximum absolute atomic E-state index is 11.6. The molecule has 1 saturated carbocycles. The summed E-state index contributed by atoms with van der Waals surface area (Å²) in [4.78, 5) is 11.6. The summed E-state index contributed by atoms with van der Waals surface area (Å²) in [7, 11) is -3.19. The van der Waals surface area contributed by atoms with Gasteiger partial charge in [-0.15, -0.1) is 0 Å². The minimum atomic E-state index is -3.19. The van der Waals surface area contributed by atoms with E-state index in [9.17, 15) is 13.2 Å². The smallest absolute Gasteiger partial charge is 0.221 e. The van der Waals surface area contributed by atoms with E-state index in [4.69, 9.17) is 0 Å². The van der Waals surface area contributed by atoms with E-state index >= 15 is 0 Å². The number of amides is 1. The fourth-order valence-electron chi connectivity index (χ4n) is 1.67. The molecule has 6 heteroatoms. The third-order valence-corrected chi connectivity index (χ3v) is 3.79. The first-order valence-electron chi connectivity index (χ1n) is 5.87. The van der Waals surface area contributed by atoms with Crippen molar-refractivity contribution in [1.29, 1.82) is 0 Å². The Kier molecular flexibility index (Phi) is 4.19. The summed E-state index contributed by atoms with van der Waals surface area (Å²) >= 11 is 0. The molecule has 0 heterocycles. The first-order chi connectivity index (χ1) is 7.59. The van der Waals surface area contributed by atoms with Crippen LogP contribution in [0.25, 0.3) is 0 Å². The van der Waals surface area contributed by atoms with Crippen molar-refractivity contribution in [3.8, 4) is 0 Å². The highest BCUT2D eigenvalue weighted by molar-refractivity contribution is 7.88. The lowest BCUT2D eigenvalue weighted by atomic mass is 10.1. The van der Waals surface area contributed by atoms with Crippen molar-refractivity contribution in [2.75, 3.05) is 12.8 Å². The maximum Gasteiger partial charge on any atom is 0.221 e. The summed E-state index contributed by atoms with van der Waals surface area (Å²) in [6.07, 6.45) is 3.25. The third-order valence-electron chi connectivity index (χ3n) is 2.45. The van der Waals surface area contributed by atoms with Gasteiger partial charge in [0.2, 0.25) is 15.9 Å². The Hall–Kier alpha value is -0.620. The molecule has 0 aromatic carbocycles. The lowest BCUT2D eigenvalue weighted by Gasteiger charge is -2.23. The topological polar surface area (TPSA) is 66.5 Å². The quantitative estimate of drug-likeness (QED) is 0.793. The molecule has 0 unspecified atom stereocenters. The molecule has 1 aliphatic rings. The Balaban J connectivity index is 2.45. The van der Waals surface area contributed by atoms with Gasteiger partial charge in [0, 0.05) is 24.5 Å². The highest BCUT2D eigenvalue weighted by Crippen LogP contribution is 2.28. The van der Waals surface area contributed by atoms with Gasteiger partial charge in [0.15, 0.2) is 0 Å². The molecule has 0 radical (unpaired) electrons. The average molecular weight is 262 g/mol. The van der Waals surface area contributed by atoms with Crippen LogP contribution >= 0.6 is 0 Å². The molecule has 0 aromatic heterocycles. The molecule has 0 saturated heterocycles. The first kappa shape index (κ1) is 14.4. The van der Waals surface area contributed by atoms with E-state index in [0.29, 0.717) is 0 Å². The molecule has 0 aliphatic heterocycles. The highest BCUT2D eigenvalue weighted by Gasteiger charge is 2.34. The van der Waals surface area contributed by atoms with Gasteiger partial charge in [-0.2, -0.15) is 4.31 Å². The first-order valence-corrected chi connectivity index (χ1v) is 7.72. The lowest BCUT2D eigenvalue weighted by molar-refractivity contribution is -0.122. The highest BCUT2D eigenvalue weighted by atomic mass is 32.2. The van der Waals surface area contributed by atoms with Crippen LogP contribution in [0, 0.1) is 0 Å². The van der Waals surface area contributed by atoms with Gasteiger partial charge in [0.05, 0.1) is 6.26 Å². The van der Waals surface area contributed by atoms with Gasteiger partial charge < -0.3 is 5.32 Å². The van der Waals surface area contributed by atoms with E-state index in [0.717, 1.165) is 12.8 Å². The minimum Gasteiger partial charge on any atom is -0.351 e. The zero-order chi connectivity index (χ0) is 13.3. The molecule has 1 aliphatic carbocycles. The van der Waals surface area contributed by atoms with Crippen molar-refractivity contribution >= 4 is 15.9 Å². The number of carbonyl (C=O) groups excluding carboxylic acids is 1. The van der Waals surface area contributed by atoms with Gasteiger partial charge in [-0.3, -0.25) is 4.79 Å². The monoisotopic (exact) mass is 262 g/mol. The third kappa shape index (κ3) is 5.50. The minimum absolute atomic E-state index is 0.105. The normalized spacial score (nSPS) is 17.2. The molecule has 0 bridgehead atoms.